The van der Waals surface area contributed by atoms with E-state index in [-0.39, 0.29) is 13.2 Å². The Morgan fingerprint density at radius 1 is 0.765 bits per heavy atom. The van der Waals surface area contributed by atoms with E-state index in [0.717, 1.165) is 37.8 Å². The molecule has 0 heterocycles. The summed E-state index contributed by atoms with van der Waals surface area (Å²) in [6.45, 7) is 9.63. The van der Waals surface area contributed by atoms with Crippen molar-refractivity contribution >= 4 is 16.6 Å². The van der Waals surface area contributed by atoms with Gasteiger partial charge in [0.2, 0.25) is 0 Å². The van der Waals surface area contributed by atoms with Crippen molar-refractivity contribution in [1.82, 2.24) is 0 Å². The molecule has 0 aromatic carbocycles. The lowest BCUT2D eigenvalue weighted by Gasteiger charge is -2.35. The monoisotopic (exact) mass is 278 g/mol. The molecule has 0 rings (SSSR count). The predicted octanol–water partition coefficient (Wildman–Crippen LogP) is 2.96. The average molecular weight is 279 g/mol. The molecule has 104 valence electrons. The summed E-state index contributed by atoms with van der Waals surface area (Å²) in [6.07, 6.45) is 3.92. The molecular weight excluding hydrogens is 248 g/mol. The molecule has 0 aromatic heterocycles. The predicted molar refractivity (Wildman–Crippen MR) is 78.3 cm³/mol. The standard InChI is InChI=1S/C12H30O3Si2/c1-16(2,3)15-17(4,11-7-5-9-13)12-8-6-10-14/h13-14H,5-12H2,1-4H3. The van der Waals surface area contributed by atoms with Crippen LogP contribution in [0.15, 0.2) is 0 Å². The molecule has 0 saturated carbocycles. The molecule has 0 atom stereocenters. The van der Waals surface area contributed by atoms with Crippen LogP contribution in [0.3, 0.4) is 0 Å². The molecule has 17 heavy (non-hydrogen) atoms. The third-order valence-corrected chi connectivity index (χ3v) is 10.0. The fourth-order valence-electron chi connectivity index (χ4n) is 2.19. The Labute approximate surface area is 108 Å². The molecule has 0 saturated heterocycles. The van der Waals surface area contributed by atoms with Gasteiger partial charge in [0.15, 0.2) is 16.6 Å². The van der Waals surface area contributed by atoms with Crippen molar-refractivity contribution in [3.63, 3.8) is 0 Å². The van der Waals surface area contributed by atoms with Crippen LogP contribution in [0.1, 0.15) is 25.7 Å². The first kappa shape index (κ1) is 17.3. The highest BCUT2D eigenvalue weighted by Gasteiger charge is 2.33. The van der Waals surface area contributed by atoms with Crippen LogP contribution in [0, 0.1) is 0 Å². The van der Waals surface area contributed by atoms with Crippen LogP contribution in [-0.4, -0.2) is 40.1 Å². The molecule has 0 aliphatic rings. The summed E-state index contributed by atoms with van der Waals surface area (Å²) in [7, 11) is -3.10. The SMILES string of the molecule is C[Si](C)(C)O[Si](C)(CCCCO)CCCCO. The van der Waals surface area contributed by atoms with Gasteiger partial charge in [-0.05, 0) is 51.1 Å². The maximum absolute atomic E-state index is 8.86. The van der Waals surface area contributed by atoms with Crippen molar-refractivity contribution < 1.29 is 14.3 Å². The zero-order valence-electron chi connectivity index (χ0n) is 12.0. The van der Waals surface area contributed by atoms with Crippen LogP contribution < -0.4 is 0 Å². The Morgan fingerprint density at radius 3 is 1.47 bits per heavy atom. The Morgan fingerprint density at radius 2 is 1.18 bits per heavy atom. The molecule has 0 bridgehead atoms. The fourth-order valence-corrected chi connectivity index (χ4v) is 11.2. The highest BCUT2D eigenvalue weighted by molar-refractivity contribution is 6.84. The molecule has 0 radical (unpaired) electrons. The molecule has 3 nitrogen and oxygen atoms in total. The molecule has 0 amide bonds. The first-order valence-electron chi connectivity index (χ1n) is 6.75. The second-order valence-electron chi connectivity index (χ2n) is 6.03. The van der Waals surface area contributed by atoms with E-state index in [9.17, 15) is 0 Å². The van der Waals surface area contributed by atoms with Gasteiger partial charge in [0.05, 0.1) is 0 Å². The summed E-state index contributed by atoms with van der Waals surface area (Å²) >= 11 is 0. The van der Waals surface area contributed by atoms with E-state index >= 15 is 0 Å². The Kier molecular flexibility index (Phi) is 8.58. The van der Waals surface area contributed by atoms with Gasteiger partial charge >= 0.3 is 0 Å². The second kappa shape index (κ2) is 8.42. The lowest BCUT2D eigenvalue weighted by atomic mass is 10.4. The average Bonchev–Trinajstić information content (AvgIpc) is 2.15. The minimum atomic E-state index is -1.62. The molecule has 0 spiro atoms. The Hall–Kier alpha value is 0.314. The minimum absolute atomic E-state index is 0.286. The number of hydrogen-bond donors (Lipinski definition) is 2. The van der Waals surface area contributed by atoms with E-state index in [4.69, 9.17) is 14.3 Å². The van der Waals surface area contributed by atoms with Crippen LogP contribution in [0.25, 0.3) is 0 Å². The van der Waals surface area contributed by atoms with Crippen LogP contribution in [0.2, 0.25) is 38.3 Å². The lowest BCUT2D eigenvalue weighted by molar-refractivity contribution is 0.285. The van der Waals surface area contributed by atoms with Gasteiger partial charge < -0.3 is 14.3 Å². The van der Waals surface area contributed by atoms with Gasteiger partial charge in [0.25, 0.3) is 0 Å². The first-order valence-corrected chi connectivity index (χ1v) is 13.0. The van der Waals surface area contributed by atoms with Crippen LogP contribution >= 0.6 is 0 Å². The van der Waals surface area contributed by atoms with Crippen LogP contribution in [0.4, 0.5) is 0 Å². The third kappa shape index (κ3) is 9.97. The van der Waals surface area contributed by atoms with Gasteiger partial charge in [-0.25, -0.2) is 0 Å². The van der Waals surface area contributed by atoms with Crippen molar-refractivity contribution in [2.24, 2.45) is 0 Å². The molecule has 5 heteroatoms. The van der Waals surface area contributed by atoms with Crippen molar-refractivity contribution in [1.29, 1.82) is 0 Å². The fraction of sp³-hybridized carbons (Fsp3) is 1.00. The highest BCUT2D eigenvalue weighted by atomic mass is 28.4. The molecule has 2 N–H and O–H groups in total. The Balaban J connectivity index is 4.24. The van der Waals surface area contributed by atoms with E-state index < -0.39 is 16.6 Å². The van der Waals surface area contributed by atoms with E-state index in [2.05, 4.69) is 26.2 Å². The molecule has 0 fully saturated rings. The van der Waals surface area contributed by atoms with Crippen LogP contribution in [0.5, 0.6) is 0 Å². The summed E-state index contributed by atoms with van der Waals surface area (Å²) in [6, 6.07) is 2.28. The smallest absolute Gasteiger partial charge is 0.176 e. The molecule has 0 unspecified atom stereocenters. The Bertz CT molecular complexity index is 183. The zero-order chi connectivity index (χ0) is 13.4. The number of rotatable bonds is 10. The molecule has 0 aliphatic heterocycles. The first-order chi connectivity index (χ1) is 7.83. The van der Waals surface area contributed by atoms with Crippen molar-refractivity contribution in [2.75, 3.05) is 13.2 Å². The summed E-state index contributed by atoms with van der Waals surface area (Å²) < 4.78 is 6.43. The van der Waals surface area contributed by atoms with Crippen molar-refractivity contribution in [2.45, 2.75) is 64.0 Å². The van der Waals surface area contributed by atoms with E-state index in [1.165, 1.54) is 0 Å². The van der Waals surface area contributed by atoms with Gasteiger partial charge in [-0.2, -0.15) is 0 Å². The number of aliphatic hydroxyl groups excluding tert-OH is 2. The summed E-state index contributed by atoms with van der Waals surface area (Å²) in [5.41, 5.74) is 0. The third-order valence-electron chi connectivity index (χ3n) is 2.78. The molecule has 0 aromatic rings. The zero-order valence-corrected chi connectivity index (χ0v) is 14.0. The number of unbranched alkanes of at least 4 members (excludes halogenated alkanes) is 2. The second-order valence-corrected chi connectivity index (χ2v) is 15.0. The van der Waals surface area contributed by atoms with Gasteiger partial charge in [-0.1, -0.05) is 12.8 Å². The topological polar surface area (TPSA) is 49.7 Å². The maximum atomic E-state index is 8.86. The normalized spacial score (nSPS) is 13.1. The van der Waals surface area contributed by atoms with Gasteiger partial charge in [-0.3, -0.25) is 0 Å². The summed E-state index contributed by atoms with van der Waals surface area (Å²) in [4.78, 5) is 0. The number of aliphatic hydroxyl groups is 2. The van der Waals surface area contributed by atoms with Crippen molar-refractivity contribution in [3.05, 3.63) is 0 Å². The largest absolute Gasteiger partial charge is 0.456 e. The van der Waals surface area contributed by atoms with Crippen LogP contribution in [-0.2, 0) is 4.12 Å². The van der Waals surface area contributed by atoms with Gasteiger partial charge in [-0.15, -0.1) is 0 Å². The van der Waals surface area contributed by atoms with Crippen molar-refractivity contribution in [3.8, 4) is 0 Å². The van der Waals surface area contributed by atoms with Gasteiger partial charge in [0.1, 0.15) is 0 Å². The highest BCUT2D eigenvalue weighted by Crippen LogP contribution is 2.26. The van der Waals surface area contributed by atoms with E-state index in [1.807, 2.05) is 0 Å². The molecule has 0 aliphatic carbocycles. The maximum Gasteiger partial charge on any atom is 0.176 e. The van der Waals surface area contributed by atoms with E-state index in [0.29, 0.717) is 0 Å². The van der Waals surface area contributed by atoms with E-state index in [1.54, 1.807) is 0 Å². The molecular formula is C12H30O3Si2. The summed E-state index contributed by atoms with van der Waals surface area (Å²) in [5.74, 6) is 0. The summed E-state index contributed by atoms with van der Waals surface area (Å²) in [5, 5.41) is 17.7. The van der Waals surface area contributed by atoms with Gasteiger partial charge in [0, 0.05) is 13.2 Å². The lowest BCUT2D eigenvalue weighted by Crippen LogP contribution is -2.44. The number of hydrogen-bond acceptors (Lipinski definition) is 3. The minimum Gasteiger partial charge on any atom is -0.456 e. The quantitative estimate of drug-likeness (QED) is 0.477.